The first-order valence-electron chi connectivity index (χ1n) is 9.89. The Bertz CT molecular complexity index is 1030. The van der Waals surface area contributed by atoms with Crippen LogP contribution in [0.4, 0.5) is 5.82 Å². The van der Waals surface area contributed by atoms with Crippen LogP contribution in [0.1, 0.15) is 18.4 Å². The van der Waals surface area contributed by atoms with Gasteiger partial charge in [0, 0.05) is 29.4 Å². The molecule has 1 unspecified atom stereocenters. The molecule has 144 valence electrons. The fourth-order valence-electron chi connectivity index (χ4n) is 4.45. The molecule has 3 heterocycles. The molecule has 5 rings (SSSR count). The fraction of sp³-hybridized carbons (Fsp3) is 0.364. The summed E-state index contributed by atoms with van der Waals surface area (Å²) in [5.41, 5.74) is 1.36. The second kappa shape index (κ2) is 7.26. The number of anilines is 1. The van der Waals surface area contributed by atoms with Gasteiger partial charge in [-0.25, -0.2) is 5.10 Å². The Hall–Kier alpha value is -2.31. The van der Waals surface area contributed by atoms with Crippen molar-refractivity contribution in [1.82, 2.24) is 15.1 Å². The van der Waals surface area contributed by atoms with Gasteiger partial charge in [0.1, 0.15) is 0 Å². The van der Waals surface area contributed by atoms with Crippen molar-refractivity contribution in [2.24, 2.45) is 0 Å². The van der Waals surface area contributed by atoms with Gasteiger partial charge in [-0.15, -0.1) is 11.8 Å². The van der Waals surface area contributed by atoms with Crippen LogP contribution in [0.25, 0.3) is 10.8 Å². The lowest BCUT2D eigenvalue weighted by Gasteiger charge is -2.39. The zero-order valence-electron chi connectivity index (χ0n) is 16.0. The summed E-state index contributed by atoms with van der Waals surface area (Å²) in [6.07, 6.45) is 3.35. The van der Waals surface area contributed by atoms with Gasteiger partial charge >= 0.3 is 0 Å². The highest BCUT2D eigenvalue weighted by Crippen LogP contribution is 2.39. The molecule has 5 nitrogen and oxygen atoms in total. The van der Waals surface area contributed by atoms with Gasteiger partial charge in [0.25, 0.3) is 5.56 Å². The molecule has 1 saturated heterocycles. The summed E-state index contributed by atoms with van der Waals surface area (Å²) in [7, 11) is 2.28. The van der Waals surface area contributed by atoms with E-state index in [1.165, 1.54) is 10.5 Å². The molecule has 1 N–H and O–H groups in total. The fourth-order valence-corrected chi connectivity index (χ4v) is 5.81. The van der Waals surface area contributed by atoms with Gasteiger partial charge in [-0.1, -0.05) is 36.4 Å². The van der Waals surface area contributed by atoms with E-state index in [2.05, 4.69) is 51.3 Å². The summed E-state index contributed by atoms with van der Waals surface area (Å²) in [5.74, 6) is 0.902. The third kappa shape index (κ3) is 3.10. The minimum Gasteiger partial charge on any atom is -0.355 e. The number of benzene rings is 2. The van der Waals surface area contributed by atoms with E-state index in [1.807, 2.05) is 36.0 Å². The Kier molecular flexibility index (Phi) is 4.61. The molecule has 2 aliphatic heterocycles. The third-order valence-electron chi connectivity index (χ3n) is 6.10. The molecule has 28 heavy (non-hydrogen) atoms. The molecule has 0 bridgehead atoms. The number of hydrogen-bond donors (Lipinski definition) is 1. The largest absolute Gasteiger partial charge is 0.355 e. The van der Waals surface area contributed by atoms with Crippen LogP contribution in [0.15, 0.2) is 58.2 Å². The standard InChI is InChI=1S/C22H24N4OS/c1-25(20-14-15-6-2-5-9-19(15)28-20)16-10-12-26(13-11-16)21-17-7-3-4-8-18(17)22(27)24-23-21/h2-9,16,20H,10-14H2,1H3,(H,24,27). The maximum atomic E-state index is 12.1. The molecule has 0 amide bonds. The highest BCUT2D eigenvalue weighted by molar-refractivity contribution is 8.00. The van der Waals surface area contributed by atoms with E-state index in [0.717, 1.165) is 43.6 Å². The van der Waals surface area contributed by atoms with Crippen molar-refractivity contribution in [2.75, 3.05) is 25.0 Å². The average Bonchev–Trinajstić information content (AvgIpc) is 3.18. The predicted octanol–water partition coefficient (Wildman–Crippen LogP) is 3.50. The minimum atomic E-state index is -0.119. The first-order valence-corrected chi connectivity index (χ1v) is 10.8. The van der Waals surface area contributed by atoms with Crippen LogP contribution in [-0.4, -0.2) is 46.7 Å². The highest BCUT2D eigenvalue weighted by Gasteiger charge is 2.32. The average molecular weight is 393 g/mol. The van der Waals surface area contributed by atoms with Crippen molar-refractivity contribution in [2.45, 2.75) is 35.6 Å². The topological polar surface area (TPSA) is 52.2 Å². The van der Waals surface area contributed by atoms with Crippen molar-refractivity contribution in [3.8, 4) is 0 Å². The summed E-state index contributed by atoms with van der Waals surface area (Å²) in [5, 5.41) is 9.23. The van der Waals surface area contributed by atoms with E-state index in [0.29, 0.717) is 16.8 Å². The van der Waals surface area contributed by atoms with Crippen molar-refractivity contribution < 1.29 is 0 Å². The van der Waals surface area contributed by atoms with Gasteiger partial charge < -0.3 is 4.90 Å². The Labute approximate surface area is 168 Å². The van der Waals surface area contributed by atoms with Crippen LogP contribution < -0.4 is 10.5 Å². The molecule has 2 aliphatic rings. The number of nitrogens with one attached hydrogen (secondary N) is 1. The number of fused-ring (bicyclic) bond motifs is 2. The molecule has 6 heteroatoms. The van der Waals surface area contributed by atoms with Gasteiger partial charge in [0.2, 0.25) is 0 Å². The van der Waals surface area contributed by atoms with E-state index in [4.69, 9.17) is 0 Å². The number of aromatic amines is 1. The summed E-state index contributed by atoms with van der Waals surface area (Å²) in [6.45, 7) is 1.92. The Morgan fingerprint density at radius 3 is 2.57 bits per heavy atom. The van der Waals surface area contributed by atoms with E-state index < -0.39 is 0 Å². The third-order valence-corrected chi connectivity index (χ3v) is 7.52. The number of nitrogens with zero attached hydrogens (tertiary/aromatic N) is 3. The first-order chi connectivity index (χ1) is 13.7. The number of likely N-dealkylation sites (N-methyl/N-ethyl adjacent to an activating group) is 1. The molecule has 0 spiro atoms. The summed E-state index contributed by atoms with van der Waals surface area (Å²) in [4.78, 5) is 18.4. The Balaban J connectivity index is 1.29. The number of hydrogen-bond acceptors (Lipinski definition) is 5. The lowest BCUT2D eigenvalue weighted by atomic mass is 10.0. The highest BCUT2D eigenvalue weighted by atomic mass is 32.2. The van der Waals surface area contributed by atoms with Crippen LogP contribution in [0.3, 0.4) is 0 Å². The normalized spacial score (nSPS) is 20.1. The minimum absolute atomic E-state index is 0.119. The second-order valence-corrected chi connectivity index (χ2v) is 8.91. The molecule has 0 saturated carbocycles. The van der Waals surface area contributed by atoms with Crippen LogP contribution in [0.2, 0.25) is 0 Å². The summed E-state index contributed by atoms with van der Waals surface area (Å²) in [6, 6.07) is 17.1. The van der Waals surface area contributed by atoms with Gasteiger partial charge in [-0.05, 0) is 44.0 Å². The van der Waals surface area contributed by atoms with E-state index in [1.54, 1.807) is 0 Å². The van der Waals surface area contributed by atoms with Gasteiger partial charge in [-0.2, -0.15) is 5.10 Å². The van der Waals surface area contributed by atoms with Gasteiger partial charge in [0.15, 0.2) is 5.82 Å². The Morgan fingerprint density at radius 2 is 1.79 bits per heavy atom. The van der Waals surface area contributed by atoms with Crippen molar-refractivity contribution in [3.05, 3.63) is 64.4 Å². The lowest BCUT2D eigenvalue weighted by Crippen LogP contribution is -2.46. The number of thioether (sulfide) groups is 1. The van der Waals surface area contributed by atoms with Gasteiger partial charge in [-0.3, -0.25) is 9.69 Å². The Morgan fingerprint density at radius 1 is 1.07 bits per heavy atom. The van der Waals surface area contributed by atoms with Crippen LogP contribution in [-0.2, 0) is 6.42 Å². The smallest absolute Gasteiger partial charge is 0.272 e. The first kappa shape index (κ1) is 17.8. The molecule has 1 aromatic heterocycles. The molecule has 1 atom stereocenters. The molecular weight excluding hydrogens is 368 g/mol. The molecule has 0 aliphatic carbocycles. The molecule has 2 aromatic carbocycles. The van der Waals surface area contributed by atoms with Crippen molar-refractivity contribution in [1.29, 1.82) is 0 Å². The van der Waals surface area contributed by atoms with E-state index in [9.17, 15) is 4.79 Å². The molecular formula is C22H24N4OS. The number of rotatable bonds is 3. The van der Waals surface area contributed by atoms with E-state index in [-0.39, 0.29) is 5.56 Å². The van der Waals surface area contributed by atoms with E-state index >= 15 is 0 Å². The molecule has 0 radical (unpaired) electrons. The maximum Gasteiger partial charge on any atom is 0.272 e. The van der Waals surface area contributed by atoms with Crippen molar-refractivity contribution >= 4 is 28.4 Å². The lowest BCUT2D eigenvalue weighted by molar-refractivity contribution is 0.195. The maximum absolute atomic E-state index is 12.1. The predicted molar refractivity (Wildman–Crippen MR) is 115 cm³/mol. The van der Waals surface area contributed by atoms with Crippen LogP contribution in [0, 0.1) is 0 Å². The van der Waals surface area contributed by atoms with Crippen LogP contribution in [0.5, 0.6) is 0 Å². The molecule has 1 fully saturated rings. The number of piperidine rings is 1. The second-order valence-electron chi connectivity index (χ2n) is 7.69. The quantitative estimate of drug-likeness (QED) is 0.739. The SMILES string of the molecule is CN(C1CCN(c2n[nH]c(=O)c3ccccc23)CC1)C1Cc2ccccc2S1. The monoisotopic (exact) mass is 392 g/mol. The molecule has 3 aromatic rings. The zero-order chi connectivity index (χ0) is 19.1. The van der Waals surface area contributed by atoms with Crippen LogP contribution >= 0.6 is 11.8 Å². The summed E-state index contributed by atoms with van der Waals surface area (Å²) < 4.78 is 0. The van der Waals surface area contributed by atoms with Crippen molar-refractivity contribution in [3.63, 3.8) is 0 Å². The summed E-state index contributed by atoms with van der Waals surface area (Å²) >= 11 is 2.00. The number of aromatic nitrogens is 2. The number of H-pyrrole nitrogens is 1. The zero-order valence-corrected chi connectivity index (χ0v) is 16.8. The van der Waals surface area contributed by atoms with Gasteiger partial charge in [0.05, 0.1) is 10.8 Å².